The van der Waals surface area contributed by atoms with Crippen molar-refractivity contribution >= 4 is 22.6 Å². The number of halogens is 3. The van der Waals surface area contributed by atoms with Gasteiger partial charge in [0.2, 0.25) is 0 Å². The molecule has 0 bridgehead atoms. The number of hydrogen-bond acceptors (Lipinski definition) is 7. The summed E-state index contributed by atoms with van der Waals surface area (Å²) in [4.78, 5) is 0. The standard InChI is InChI=1S/C25H14F3N7/c26-25(27,28)20-5-11-23(12-6-20)35(33-21-7-1-17(13-29)2-8-21)34-22-9-3-18(4-10-22)24(16-32)19(14-30)15-31/h1-12,33-34H. The highest BCUT2D eigenvalue weighted by molar-refractivity contribution is 5.84. The molecule has 0 aliphatic heterocycles. The average molecular weight is 469 g/mol. The first-order chi connectivity index (χ1) is 16.8. The highest BCUT2D eigenvalue weighted by atomic mass is 19.4. The van der Waals surface area contributed by atoms with Gasteiger partial charge in [0.05, 0.1) is 39.8 Å². The highest BCUT2D eigenvalue weighted by Gasteiger charge is 2.30. The first kappa shape index (κ1) is 24.2. The van der Waals surface area contributed by atoms with Gasteiger partial charge >= 0.3 is 6.18 Å². The van der Waals surface area contributed by atoms with Crippen LogP contribution < -0.4 is 16.0 Å². The van der Waals surface area contributed by atoms with E-state index in [1.54, 1.807) is 48.5 Å². The van der Waals surface area contributed by atoms with Crippen molar-refractivity contribution in [3.05, 3.63) is 95.1 Å². The maximum absolute atomic E-state index is 13.0. The molecule has 2 N–H and O–H groups in total. The minimum absolute atomic E-state index is 0.0724. The Kier molecular flexibility index (Phi) is 7.22. The largest absolute Gasteiger partial charge is 0.416 e. The lowest BCUT2D eigenvalue weighted by molar-refractivity contribution is -0.137. The summed E-state index contributed by atoms with van der Waals surface area (Å²) in [6.45, 7) is 0. The molecule has 0 aliphatic carbocycles. The number of anilines is 3. The van der Waals surface area contributed by atoms with E-state index in [-0.39, 0.29) is 11.1 Å². The van der Waals surface area contributed by atoms with E-state index < -0.39 is 11.7 Å². The summed E-state index contributed by atoms with van der Waals surface area (Å²) in [5, 5.41) is 37.7. The molecule has 0 spiro atoms. The SMILES string of the molecule is N#CC(C#N)=C(C#N)c1ccc(NN(Nc2ccc(C#N)cc2)c2ccc(C(F)(F)F)cc2)cc1. The zero-order valence-corrected chi connectivity index (χ0v) is 17.8. The molecule has 0 aliphatic rings. The summed E-state index contributed by atoms with van der Waals surface area (Å²) in [6.07, 6.45) is -4.48. The second kappa shape index (κ2) is 10.4. The second-order valence-corrected chi connectivity index (χ2v) is 6.96. The van der Waals surface area contributed by atoms with E-state index in [0.29, 0.717) is 28.2 Å². The maximum Gasteiger partial charge on any atom is 0.416 e. The number of alkyl halides is 3. The first-order valence-corrected chi connectivity index (χ1v) is 9.85. The Hall–Kier alpha value is -5.45. The third-order valence-corrected chi connectivity index (χ3v) is 4.71. The molecule has 3 aromatic carbocycles. The van der Waals surface area contributed by atoms with Crippen LogP contribution in [0, 0.1) is 45.3 Å². The predicted octanol–water partition coefficient (Wildman–Crippen LogP) is 5.76. The fourth-order valence-corrected chi connectivity index (χ4v) is 2.95. The van der Waals surface area contributed by atoms with E-state index in [9.17, 15) is 18.4 Å². The summed E-state index contributed by atoms with van der Waals surface area (Å²) in [5.41, 5.74) is 7.04. The molecule has 0 saturated carbocycles. The molecule has 170 valence electrons. The minimum Gasteiger partial charge on any atom is -0.280 e. The molecule has 3 aromatic rings. The summed E-state index contributed by atoms with van der Waals surface area (Å²) < 4.78 is 39.0. The van der Waals surface area contributed by atoms with Gasteiger partial charge in [-0.05, 0) is 66.2 Å². The van der Waals surface area contributed by atoms with Crippen molar-refractivity contribution in [1.29, 1.82) is 21.0 Å². The fraction of sp³-hybridized carbons (Fsp3) is 0.0400. The van der Waals surface area contributed by atoms with Crippen molar-refractivity contribution in [3.63, 3.8) is 0 Å². The van der Waals surface area contributed by atoms with Crippen molar-refractivity contribution in [2.45, 2.75) is 6.18 Å². The smallest absolute Gasteiger partial charge is 0.280 e. The van der Waals surface area contributed by atoms with Crippen molar-refractivity contribution in [3.8, 4) is 24.3 Å². The quantitative estimate of drug-likeness (QED) is 0.347. The van der Waals surface area contributed by atoms with Crippen LogP contribution in [-0.4, -0.2) is 0 Å². The molecule has 0 amide bonds. The molecule has 10 heteroatoms. The van der Waals surface area contributed by atoms with Crippen LogP contribution in [0.4, 0.5) is 30.2 Å². The number of rotatable bonds is 6. The molecule has 7 nitrogen and oxygen atoms in total. The minimum atomic E-state index is -4.48. The predicted molar refractivity (Wildman–Crippen MR) is 123 cm³/mol. The Balaban J connectivity index is 1.93. The van der Waals surface area contributed by atoms with Crippen LogP contribution in [0.15, 0.2) is 78.4 Å². The number of hydrogen-bond donors (Lipinski definition) is 2. The van der Waals surface area contributed by atoms with Crippen LogP contribution in [0.2, 0.25) is 0 Å². The van der Waals surface area contributed by atoms with Gasteiger partial charge in [-0.2, -0.15) is 39.3 Å². The van der Waals surface area contributed by atoms with E-state index in [4.69, 9.17) is 15.8 Å². The molecule has 0 unspecified atom stereocenters. The second-order valence-electron chi connectivity index (χ2n) is 6.96. The zero-order chi connectivity index (χ0) is 25.4. The van der Waals surface area contributed by atoms with Crippen molar-refractivity contribution < 1.29 is 13.2 Å². The highest BCUT2D eigenvalue weighted by Crippen LogP contribution is 2.31. The Morgan fingerprint density at radius 1 is 0.686 bits per heavy atom. The molecule has 3 rings (SSSR count). The molecule has 0 fully saturated rings. The average Bonchev–Trinajstić information content (AvgIpc) is 2.87. The van der Waals surface area contributed by atoms with Gasteiger partial charge in [0.15, 0.2) is 0 Å². The number of nitrogens with zero attached hydrogens (tertiary/aromatic N) is 5. The van der Waals surface area contributed by atoms with Gasteiger partial charge in [0.25, 0.3) is 0 Å². The van der Waals surface area contributed by atoms with E-state index >= 15 is 0 Å². The number of allylic oxidation sites excluding steroid dienone is 2. The fourth-order valence-electron chi connectivity index (χ4n) is 2.95. The van der Waals surface area contributed by atoms with Crippen molar-refractivity contribution in [2.24, 2.45) is 0 Å². The molecule has 0 saturated heterocycles. The van der Waals surface area contributed by atoms with Crippen LogP contribution in [-0.2, 0) is 6.18 Å². The molecular weight excluding hydrogens is 455 g/mol. The van der Waals surface area contributed by atoms with E-state index in [1.165, 1.54) is 29.4 Å². The van der Waals surface area contributed by atoms with Crippen LogP contribution in [0.25, 0.3) is 5.57 Å². The van der Waals surface area contributed by atoms with Gasteiger partial charge in [0, 0.05) is 0 Å². The topological polar surface area (TPSA) is 122 Å². The molecule has 0 aromatic heterocycles. The molecule has 0 atom stereocenters. The van der Waals surface area contributed by atoms with E-state index in [0.717, 1.165) is 12.1 Å². The van der Waals surface area contributed by atoms with Crippen molar-refractivity contribution in [1.82, 2.24) is 0 Å². The van der Waals surface area contributed by atoms with Gasteiger partial charge in [-0.3, -0.25) is 10.9 Å². The number of benzene rings is 3. The maximum atomic E-state index is 13.0. The lowest BCUT2D eigenvalue weighted by Crippen LogP contribution is -2.35. The molecule has 35 heavy (non-hydrogen) atoms. The monoisotopic (exact) mass is 469 g/mol. The summed E-state index contributed by atoms with van der Waals surface area (Å²) >= 11 is 0. The first-order valence-electron chi connectivity index (χ1n) is 9.85. The number of hydrazine groups is 2. The van der Waals surface area contributed by atoms with Crippen molar-refractivity contribution in [2.75, 3.05) is 16.0 Å². The molecule has 0 heterocycles. The zero-order valence-electron chi connectivity index (χ0n) is 17.8. The Bertz CT molecular complexity index is 1380. The summed E-state index contributed by atoms with van der Waals surface area (Å²) in [5.74, 6) is 0. The van der Waals surface area contributed by atoms with Crippen LogP contribution in [0.1, 0.15) is 16.7 Å². The summed E-state index contributed by atoms with van der Waals surface area (Å²) in [7, 11) is 0. The third kappa shape index (κ3) is 5.87. The van der Waals surface area contributed by atoms with Gasteiger partial charge in [-0.15, -0.1) is 0 Å². The van der Waals surface area contributed by atoms with Gasteiger partial charge < -0.3 is 0 Å². The lowest BCUT2D eigenvalue weighted by atomic mass is 10.0. The van der Waals surface area contributed by atoms with Crippen LogP contribution >= 0.6 is 0 Å². The van der Waals surface area contributed by atoms with Crippen LogP contribution in [0.3, 0.4) is 0 Å². The number of nitriles is 4. The van der Waals surface area contributed by atoms with Gasteiger partial charge in [-0.1, -0.05) is 12.1 Å². The van der Waals surface area contributed by atoms with Crippen LogP contribution in [0.5, 0.6) is 0 Å². The van der Waals surface area contributed by atoms with Gasteiger partial charge in [0.1, 0.15) is 23.8 Å². The molecule has 0 radical (unpaired) electrons. The Labute approximate surface area is 198 Å². The third-order valence-electron chi connectivity index (χ3n) is 4.71. The van der Waals surface area contributed by atoms with E-state index in [2.05, 4.69) is 10.9 Å². The van der Waals surface area contributed by atoms with E-state index in [1.807, 2.05) is 12.1 Å². The molecular formula is C25H14F3N7. The summed E-state index contributed by atoms with van der Waals surface area (Å²) in [6, 6.07) is 24.3. The Morgan fingerprint density at radius 2 is 1.20 bits per heavy atom. The number of nitrogens with one attached hydrogen (secondary N) is 2. The normalized spacial score (nSPS) is 10.0. The lowest BCUT2D eigenvalue weighted by Gasteiger charge is -2.28. The van der Waals surface area contributed by atoms with Gasteiger partial charge in [-0.25, -0.2) is 0 Å². The Morgan fingerprint density at radius 3 is 1.63 bits per heavy atom.